The molecular formula is C21H30N4O3S2. The molecule has 0 unspecified atom stereocenters. The molecule has 2 aliphatic rings. The molecule has 0 saturated heterocycles. The van der Waals surface area contributed by atoms with Gasteiger partial charge in [-0.25, -0.2) is 13.1 Å². The van der Waals surface area contributed by atoms with Crippen molar-refractivity contribution in [3.05, 3.63) is 18.2 Å². The van der Waals surface area contributed by atoms with Crippen LogP contribution in [0, 0.1) is 11.8 Å². The van der Waals surface area contributed by atoms with Crippen LogP contribution in [0.4, 0.5) is 0 Å². The third-order valence-electron chi connectivity index (χ3n) is 6.52. The molecule has 1 amide bonds. The average molecular weight is 451 g/mol. The standard InChI is InChI=1S/C21H30N4O3S2/c26-21(23-17-6-3-1-2-4-7-17)16-12-10-15(11-13-16)14-22-30(27,28)19-9-5-8-18-20(19)25-29-24-18/h5,8-9,15-17,22H,1-4,6-7,10-14H2,(H,23,26). The second-order valence-electron chi connectivity index (χ2n) is 8.65. The van der Waals surface area contributed by atoms with Gasteiger partial charge in [0.15, 0.2) is 0 Å². The van der Waals surface area contributed by atoms with E-state index in [1.807, 2.05) is 0 Å². The number of nitrogens with zero attached hydrogens (tertiary/aromatic N) is 2. The molecular weight excluding hydrogens is 420 g/mol. The fourth-order valence-electron chi connectivity index (χ4n) is 4.68. The molecule has 0 radical (unpaired) electrons. The zero-order chi connectivity index (χ0) is 21.0. The SMILES string of the molecule is O=C(NC1CCCCCC1)C1CCC(CNS(=O)(=O)c2cccc3nsnc23)CC1. The first-order valence-corrected chi connectivity index (χ1v) is 13.3. The van der Waals surface area contributed by atoms with E-state index in [0.717, 1.165) is 50.3 Å². The molecule has 7 nitrogen and oxygen atoms in total. The van der Waals surface area contributed by atoms with E-state index in [4.69, 9.17) is 0 Å². The second-order valence-corrected chi connectivity index (χ2v) is 10.9. The lowest BCUT2D eigenvalue weighted by Crippen LogP contribution is -2.40. The molecule has 1 heterocycles. The Labute approximate surface area is 182 Å². The zero-order valence-corrected chi connectivity index (χ0v) is 18.8. The van der Waals surface area contributed by atoms with Crippen LogP contribution >= 0.6 is 11.7 Å². The molecule has 2 saturated carbocycles. The van der Waals surface area contributed by atoms with Crippen LogP contribution in [0.5, 0.6) is 0 Å². The number of amides is 1. The van der Waals surface area contributed by atoms with Crippen molar-refractivity contribution in [2.45, 2.75) is 75.1 Å². The molecule has 0 atom stereocenters. The number of nitrogens with one attached hydrogen (secondary N) is 2. The van der Waals surface area contributed by atoms with Gasteiger partial charge in [0.2, 0.25) is 15.9 Å². The van der Waals surface area contributed by atoms with Gasteiger partial charge in [0.1, 0.15) is 15.9 Å². The van der Waals surface area contributed by atoms with E-state index in [1.54, 1.807) is 18.2 Å². The second kappa shape index (κ2) is 9.70. The van der Waals surface area contributed by atoms with E-state index < -0.39 is 10.0 Å². The van der Waals surface area contributed by atoms with Crippen LogP contribution < -0.4 is 10.0 Å². The molecule has 1 aromatic heterocycles. The van der Waals surface area contributed by atoms with Gasteiger partial charge in [-0.05, 0) is 56.6 Å². The summed E-state index contributed by atoms with van der Waals surface area (Å²) in [6, 6.07) is 5.36. The predicted octanol–water partition coefficient (Wildman–Crippen LogP) is 3.62. The first kappa shape index (κ1) is 21.6. The summed E-state index contributed by atoms with van der Waals surface area (Å²) in [6.45, 7) is 0.396. The number of hydrogen-bond acceptors (Lipinski definition) is 6. The highest BCUT2D eigenvalue weighted by molar-refractivity contribution is 7.89. The number of carbonyl (C=O) groups is 1. The van der Waals surface area contributed by atoms with Gasteiger partial charge in [0.25, 0.3) is 0 Å². The van der Waals surface area contributed by atoms with Crippen molar-refractivity contribution in [1.82, 2.24) is 18.8 Å². The number of benzene rings is 1. The smallest absolute Gasteiger partial charge is 0.242 e. The minimum Gasteiger partial charge on any atom is -0.353 e. The maximum absolute atomic E-state index is 12.8. The summed E-state index contributed by atoms with van der Waals surface area (Å²) in [7, 11) is -3.63. The first-order valence-electron chi connectivity index (χ1n) is 11.0. The van der Waals surface area contributed by atoms with Crippen LogP contribution in [-0.2, 0) is 14.8 Å². The van der Waals surface area contributed by atoms with Gasteiger partial charge >= 0.3 is 0 Å². The summed E-state index contributed by atoms with van der Waals surface area (Å²) in [4.78, 5) is 12.8. The Bertz CT molecular complexity index is 960. The Morgan fingerprint density at radius 3 is 2.47 bits per heavy atom. The normalized spacial score (nSPS) is 23.9. The Morgan fingerprint density at radius 2 is 1.73 bits per heavy atom. The molecule has 2 aliphatic carbocycles. The molecule has 2 fully saturated rings. The summed E-state index contributed by atoms with van der Waals surface area (Å²) >= 11 is 1.02. The maximum atomic E-state index is 12.8. The van der Waals surface area contributed by atoms with Crippen molar-refractivity contribution in [2.24, 2.45) is 11.8 Å². The molecule has 0 spiro atoms. The molecule has 2 N–H and O–H groups in total. The van der Waals surface area contributed by atoms with E-state index in [1.165, 1.54) is 25.7 Å². The summed E-state index contributed by atoms with van der Waals surface area (Å²) < 4.78 is 36.5. The summed E-state index contributed by atoms with van der Waals surface area (Å²) in [5.41, 5.74) is 1.02. The molecule has 2 aromatic rings. The molecule has 0 aliphatic heterocycles. The minimum absolute atomic E-state index is 0.0657. The van der Waals surface area contributed by atoms with Crippen molar-refractivity contribution in [3.63, 3.8) is 0 Å². The number of hydrogen-bond donors (Lipinski definition) is 2. The van der Waals surface area contributed by atoms with E-state index in [9.17, 15) is 13.2 Å². The van der Waals surface area contributed by atoms with Crippen molar-refractivity contribution in [3.8, 4) is 0 Å². The summed E-state index contributed by atoms with van der Waals surface area (Å²) in [5.74, 6) is 0.522. The molecule has 30 heavy (non-hydrogen) atoms. The van der Waals surface area contributed by atoms with Gasteiger partial charge in [-0.1, -0.05) is 31.7 Å². The number of rotatable bonds is 6. The van der Waals surface area contributed by atoms with Gasteiger partial charge in [0, 0.05) is 18.5 Å². The number of carbonyl (C=O) groups excluding carboxylic acids is 1. The fraction of sp³-hybridized carbons (Fsp3) is 0.667. The molecule has 1 aromatic carbocycles. The number of aromatic nitrogens is 2. The van der Waals surface area contributed by atoms with Crippen LogP contribution in [0.2, 0.25) is 0 Å². The van der Waals surface area contributed by atoms with Crippen LogP contribution in [0.1, 0.15) is 64.2 Å². The third kappa shape index (κ3) is 5.18. The molecule has 9 heteroatoms. The topological polar surface area (TPSA) is 101 Å². The van der Waals surface area contributed by atoms with Gasteiger partial charge in [-0.3, -0.25) is 4.79 Å². The van der Waals surface area contributed by atoms with Crippen LogP contribution in [0.3, 0.4) is 0 Å². The van der Waals surface area contributed by atoms with E-state index in [2.05, 4.69) is 18.8 Å². The quantitative estimate of drug-likeness (QED) is 0.655. The monoisotopic (exact) mass is 450 g/mol. The number of sulfonamides is 1. The van der Waals surface area contributed by atoms with Crippen LogP contribution in [0.25, 0.3) is 11.0 Å². The van der Waals surface area contributed by atoms with Crippen molar-refractivity contribution in [2.75, 3.05) is 6.54 Å². The number of fused-ring (bicyclic) bond motifs is 1. The highest BCUT2D eigenvalue weighted by Crippen LogP contribution is 2.30. The van der Waals surface area contributed by atoms with Gasteiger partial charge in [0.05, 0.1) is 11.7 Å². The van der Waals surface area contributed by atoms with Crippen molar-refractivity contribution in [1.29, 1.82) is 0 Å². The van der Waals surface area contributed by atoms with E-state index in [-0.39, 0.29) is 22.6 Å². The van der Waals surface area contributed by atoms with Gasteiger partial charge < -0.3 is 5.32 Å². The zero-order valence-electron chi connectivity index (χ0n) is 17.2. The Hall–Kier alpha value is -1.58. The Kier molecular flexibility index (Phi) is 7.00. The largest absolute Gasteiger partial charge is 0.353 e. The lowest BCUT2D eigenvalue weighted by molar-refractivity contribution is -0.127. The van der Waals surface area contributed by atoms with E-state index in [0.29, 0.717) is 23.6 Å². The highest BCUT2D eigenvalue weighted by atomic mass is 32.2. The fourth-order valence-corrected chi connectivity index (χ4v) is 6.56. The van der Waals surface area contributed by atoms with Gasteiger partial charge in [-0.15, -0.1) is 0 Å². The average Bonchev–Trinajstić information content (AvgIpc) is 3.09. The van der Waals surface area contributed by atoms with Gasteiger partial charge in [-0.2, -0.15) is 8.75 Å². The third-order valence-corrected chi connectivity index (χ3v) is 8.52. The maximum Gasteiger partial charge on any atom is 0.242 e. The molecule has 0 bridgehead atoms. The minimum atomic E-state index is -3.63. The van der Waals surface area contributed by atoms with Crippen molar-refractivity contribution < 1.29 is 13.2 Å². The lowest BCUT2D eigenvalue weighted by Gasteiger charge is -2.29. The summed E-state index contributed by atoms with van der Waals surface area (Å²) in [5, 5.41) is 3.27. The first-order chi connectivity index (χ1) is 14.5. The molecule has 4 rings (SSSR count). The Morgan fingerprint density at radius 1 is 1.00 bits per heavy atom. The van der Waals surface area contributed by atoms with E-state index >= 15 is 0 Å². The van der Waals surface area contributed by atoms with Crippen LogP contribution in [0.15, 0.2) is 23.1 Å². The lowest BCUT2D eigenvalue weighted by atomic mass is 9.81. The highest BCUT2D eigenvalue weighted by Gasteiger charge is 2.29. The molecule has 164 valence electrons. The Balaban J connectivity index is 1.26. The summed E-state index contributed by atoms with van der Waals surface area (Å²) in [6.07, 6.45) is 10.6. The van der Waals surface area contributed by atoms with Crippen molar-refractivity contribution >= 4 is 38.7 Å². The predicted molar refractivity (Wildman–Crippen MR) is 118 cm³/mol. The van der Waals surface area contributed by atoms with Crippen LogP contribution in [-0.4, -0.2) is 35.7 Å².